The zero-order valence-corrected chi connectivity index (χ0v) is 14.6. The minimum absolute atomic E-state index is 0.141. The fraction of sp³-hybridized carbons (Fsp3) is 0.0952. The number of hydrogen-bond acceptors (Lipinski definition) is 4. The van der Waals surface area contributed by atoms with Crippen molar-refractivity contribution in [2.24, 2.45) is 0 Å². The molecule has 0 spiro atoms. The summed E-state index contributed by atoms with van der Waals surface area (Å²) in [6, 6.07) is 19.7. The fourth-order valence-electron chi connectivity index (χ4n) is 2.34. The van der Waals surface area contributed by atoms with Crippen LogP contribution in [0.5, 0.6) is 5.75 Å². The molecule has 3 aromatic rings. The van der Waals surface area contributed by atoms with Gasteiger partial charge >= 0.3 is 0 Å². The van der Waals surface area contributed by atoms with Gasteiger partial charge in [-0.3, -0.25) is 14.6 Å². The first kappa shape index (κ1) is 18.1. The number of para-hydroxylation sites is 1. The van der Waals surface area contributed by atoms with Crippen LogP contribution in [0.15, 0.2) is 79.1 Å². The summed E-state index contributed by atoms with van der Waals surface area (Å²) in [5.41, 5.74) is 1.77. The Hall–Kier alpha value is -3.67. The predicted octanol–water partition coefficient (Wildman–Crippen LogP) is 3.74. The monoisotopic (exact) mass is 361 g/mol. The number of anilines is 2. The maximum absolute atomic E-state index is 12.1. The number of benzene rings is 2. The van der Waals surface area contributed by atoms with Crippen molar-refractivity contribution >= 4 is 23.2 Å². The fourth-order valence-corrected chi connectivity index (χ4v) is 2.34. The molecule has 6 heteroatoms. The molecule has 6 nitrogen and oxygen atoms in total. The normalized spacial score (nSPS) is 10.1. The Kier molecular flexibility index (Phi) is 6.14. The van der Waals surface area contributed by atoms with Gasteiger partial charge in [0, 0.05) is 23.8 Å². The number of rotatable bonds is 7. The van der Waals surface area contributed by atoms with Crippen LogP contribution in [0.3, 0.4) is 0 Å². The first-order chi connectivity index (χ1) is 13.2. The standard InChI is InChI=1S/C21H19N3O3/c25-20(12-14-27-19-6-2-1-3-7-19)23-17-8-10-18(11-9-17)24-21(26)16-5-4-13-22-15-16/h1-11,13,15H,12,14H2,(H,23,25)(H,24,26). The molecule has 1 heterocycles. The van der Waals surface area contributed by atoms with Gasteiger partial charge in [-0.05, 0) is 48.5 Å². The van der Waals surface area contributed by atoms with Crippen LogP contribution in [0.4, 0.5) is 11.4 Å². The molecule has 0 unspecified atom stereocenters. The van der Waals surface area contributed by atoms with Crippen LogP contribution in [0, 0.1) is 0 Å². The van der Waals surface area contributed by atoms with Crippen LogP contribution in [-0.2, 0) is 4.79 Å². The largest absolute Gasteiger partial charge is 0.493 e. The van der Waals surface area contributed by atoms with E-state index in [1.165, 1.54) is 6.20 Å². The number of carbonyl (C=O) groups excluding carboxylic acids is 2. The van der Waals surface area contributed by atoms with Crippen LogP contribution in [0.25, 0.3) is 0 Å². The second-order valence-corrected chi connectivity index (χ2v) is 5.73. The lowest BCUT2D eigenvalue weighted by atomic mass is 10.2. The Bertz CT molecular complexity index is 882. The van der Waals surface area contributed by atoms with Gasteiger partial charge in [-0.2, -0.15) is 0 Å². The smallest absolute Gasteiger partial charge is 0.257 e. The van der Waals surface area contributed by atoms with Gasteiger partial charge in [-0.15, -0.1) is 0 Å². The molecule has 0 bridgehead atoms. The molecule has 2 amide bonds. The number of nitrogens with one attached hydrogen (secondary N) is 2. The summed E-state index contributed by atoms with van der Waals surface area (Å²) in [6.45, 7) is 0.301. The molecule has 0 saturated carbocycles. The molecule has 0 aliphatic heterocycles. The Morgan fingerprint density at radius 1 is 0.852 bits per heavy atom. The van der Waals surface area contributed by atoms with Crippen molar-refractivity contribution in [2.75, 3.05) is 17.2 Å². The molecule has 1 aromatic heterocycles. The highest BCUT2D eigenvalue weighted by Gasteiger charge is 2.07. The Labute approximate surface area is 157 Å². The number of nitrogens with zero attached hydrogens (tertiary/aromatic N) is 1. The van der Waals surface area contributed by atoms with E-state index in [2.05, 4.69) is 15.6 Å². The lowest BCUT2D eigenvalue weighted by Crippen LogP contribution is -2.15. The summed E-state index contributed by atoms with van der Waals surface area (Å²) in [6.07, 6.45) is 3.36. The van der Waals surface area contributed by atoms with Crippen molar-refractivity contribution in [3.63, 3.8) is 0 Å². The van der Waals surface area contributed by atoms with Gasteiger partial charge in [0.15, 0.2) is 0 Å². The lowest BCUT2D eigenvalue weighted by molar-refractivity contribution is -0.116. The van der Waals surface area contributed by atoms with Gasteiger partial charge in [0.25, 0.3) is 5.91 Å². The lowest BCUT2D eigenvalue weighted by Gasteiger charge is -2.09. The highest BCUT2D eigenvalue weighted by atomic mass is 16.5. The van der Waals surface area contributed by atoms with E-state index in [0.29, 0.717) is 23.5 Å². The van der Waals surface area contributed by atoms with Crippen molar-refractivity contribution in [2.45, 2.75) is 6.42 Å². The SMILES string of the molecule is O=C(CCOc1ccccc1)Nc1ccc(NC(=O)c2cccnc2)cc1. The number of ether oxygens (including phenoxy) is 1. The molecule has 0 aliphatic rings. The van der Waals surface area contributed by atoms with E-state index >= 15 is 0 Å². The Morgan fingerprint density at radius 3 is 2.22 bits per heavy atom. The number of aromatic nitrogens is 1. The zero-order chi connectivity index (χ0) is 18.9. The summed E-state index contributed by atoms with van der Waals surface area (Å²) in [4.78, 5) is 28.0. The van der Waals surface area contributed by atoms with Crippen molar-refractivity contribution in [3.05, 3.63) is 84.7 Å². The van der Waals surface area contributed by atoms with E-state index in [1.54, 1.807) is 42.6 Å². The molecular weight excluding hydrogens is 342 g/mol. The molecular formula is C21H19N3O3. The molecule has 0 aliphatic carbocycles. The molecule has 2 N–H and O–H groups in total. The first-order valence-electron chi connectivity index (χ1n) is 8.50. The third-order valence-electron chi connectivity index (χ3n) is 3.69. The van der Waals surface area contributed by atoms with Gasteiger partial charge in [0.2, 0.25) is 5.91 Å². The zero-order valence-electron chi connectivity index (χ0n) is 14.6. The Balaban J connectivity index is 1.45. The van der Waals surface area contributed by atoms with Crippen molar-refractivity contribution in [1.82, 2.24) is 4.98 Å². The van der Waals surface area contributed by atoms with E-state index in [4.69, 9.17) is 4.74 Å². The topological polar surface area (TPSA) is 80.3 Å². The van der Waals surface area contributed by atoms with Gasteiger partial charge in [-0.25, -0.2) is 0 Å². The molecule has 0 saturated heterocycles. The maximum Gasteiger partial charge on any atom is 0.257 e. The highest BCUT2D eigenvalue weighted by Crippen LogP contribution is 2.15. The van der Waals surface area contributed by atoms with E-state index < -0.39 is 0 Å². The van der Waals surface area contributed by atoms with E-state index in [-0.39, 0.29) is 18.2 Å². The Morgan fingerprint density at radius 2 is 1.56 bits per heavy atom. The van der Waals surface area contributed by atoms with Crippen LogP contribution < -0.4 is 15.4 Å². The number of amides is 2. The average molecular weight is 361 g/mol. The minimum atomic E-state index is -0.238. The maximum atomic E-state index is 12.1. The first-order valence-corrected chi connectivity index (χ1v) is 8.50. The van der Waals surface area contributed by atoms with E-state index in [0.717, 1.165) is 5.75 Å². The number of pyridine rings is 1. The molecule has 2 aromatic carbocycles. The number of carbonyl (C=O) groups is 2. The predicted molar refractivity (Wildman–Crippen MR) is 104 cm³/mol. The summed E-state index contributed by atoms with van der Waals surface area (Å²) >= 11 is 0. The van der Waals surface area contributed by atoms with Crippen molar-refractivity contribution in [1.29, 1.82) is 0 Å². The summed E-state index contributed by atoms with van der Waals surface area (Å²) in [5, 5.41) is 5.58. The summed E-state index contributed by atoms with van der Waals surface area (Å²) in [5.74, 6) is 0.357. The van der Waals surface area contributed by atoms with Crippen molar-refractivity contribution in [3.8, 4) is 5.75 Å². The molecule has 3 rings (SSSR count). The van der Waals surface area contributed by atoms with Gasteiger partial charge in [-0.1, -0.05) is 18.2 Å². The average Bonchev–Trinajstić information content (AvgIpc) is 2.71. The summed E-state index contributed by atoms with van der Waals surface area (Å²) in [7, 11) is 0. The van der Waals surface area contributed by atoms with Gasteiger partial charge < -0.3 is 15.4 Å². The molecule has 0 radical (unpaired) electrons. The van der Waals surface area contributed by atoms with Crippen molar-refractivity contribution < 1.29 is 14.3 Å². The van der Waals surface area contributed by atoms with Crippen LogP contribution in [0.1, 0.15) is 16.8 Å². The molecule has 27 heavy (non-hydrogen) atoms. The third kappa shape index (κ3) is 5.67. The highest BCUT2D eigenvalue weighted by molar-refractivity contribution is 6.04. The molecule has 0 atom stereocenters. The van der Waals surface area contributed by atoms with E-state index in [1.807, 2.05) is 30.3 Å². The van der Waals surface area contributed by atoms with Gasteiger partial charge in [0.1, 0.15) is 5.75 Å². The quantitative estimate of drug-likeness (QED) is 0.672. The van der Waals surface area contributed by atoms with Crippen LogP contribution in [-0.4, -0.2) is 23.4 Å². The number of hydrogen-bond donors (Lipinski definition) is 2. The molecule has 136 valence electrons. The second kappa shape index (κ2) is 9.15. The summed E-state index contributed by atoms with van der Waals surface area (Å²) < 4.78 is 5.51. The third-order valence-corrected chi connectivity index (χ3v) is 3.69. The molecule has 0 fully saturated rings. The van der Waals surface area contributed by atoms with E-state index in [9.17, 15) is 9.59 Å². The van der Waals surface area contributed by atoms with Crippen LogP contribution in [0.2, 0.25) is 0 Å². The minimum Gasteiger partial charge on any atom is -0.493 e. The second-order valence-electron chi connectivity index (χ2n) is 5.73. The van der Waals surface area contributed by atoms with Crippen LogP contribution >= 0.6 is 0 Å². The van der Waals surface area contributed by atoms with Gasteiger partial charge in [0.05, 0.1) is 18.6 Å².